The Kier molecular flexibility index (Phi) is 4.13. The molecule has 1 fully saturated rings. The van der Waals surface area contributed by atoms with Gasteiger partial charge in [0.1, 0.15) is 11.5 Å². The van der Waals surface area contributed by atoms with E-state index < -0.39 is 0 Å². The maximum Gasteiger partial charge on any atom is 0.163 e. The predicted octanol–water partition coefficient (Wildman–Crippen LogP) is 3.03. The number of hydrogen-bond donors (Lipinski definition) is 0. The van der Waals surface area contributed by atoms with Crippen LogP contribution >= 0.6 is 0 Å². The lowest BCUT2D eigenvalue weighted by Gasteiger charge is -2.19. The van der Waals surface area contributed by atoms with Crippen molar-refractivity contribution < 1.29 is 14.3 Å². The summed E-state index contributed by atoms with van der Waals surface area (Å²) in [5.74, 6) is 0.981. The molecule has 1 unspecified atom stereocenters. The Morgan fingerprint density at radius 3 is 2.61 bits per heavy atom. The van der Waals surface area contributed by atoms with Crippen molar-refractivity contribution in [2.75, 3.05) is 7.11 Å². The van der Waals surface area contributed by atoms with E-state index in [4.69, 9.17) is 4.74 Å². The molecular weight excluding hydrogens is 228 g/mol. The normalized spacial score (nSPS) is 19.6. The summed E-state index contributed by atoms with van der Waals surface area (Å²) in [5.41, 5.74) is 0.661. The third kappa shape index (κ3) is 2.97. The summed E-state index contributed by atoms with van der Waals surface area (Å²) >= 11 is 0. The lowest BCUT2D eigenvalue weighted by atomic mass is 9.83. The van der Waals surface area contributed by atoms with Crippen LogP contribution in [0.25, 0.3) is 0 Å². The SMILES string of the molecule is COc1ccc(C(=O)CC2CCCCC2=O)cc1. The molecule has 0 aromatic heterocycles. The van der Waals surface area contributed by atoms with E-state index in [1.807, 2.05) is 0 Å². The lowest BCUT2D eigenvalue weighted by Crippen LogP contribution is -2.22. The van der Waals surface area contributed by atoms with Gasteiger partial charge in [-0.1, -0.05) is 6.42 Å². The van der Waals surface area contributed by atoms with Gasteiger partial charge >= 0.3 is 0 Å². The fraction of sp³-hybridized carbons (Fsp3) is 0.467. The Morgan fingerprint density at radius 2 is 2.00 bits per heavy atom. The zero-order valence-electron chi connectivity index (χ0n) is 10.6. The second-order valence-corrected chi connectivity index (χ2v) is 4.76. The minimum atomic E-state index is -0.0617. The van der Waals surface area contributed by atoms with Gasteiger partial charge in [-0.2, -0.15) is 0 Å². The van der Waals surface area contributed by atoms with E-state index in [1.54, 1.807) is 31.4 Å². The zero-order chi connectivity index (χ0) is 13.0. The average molecular weight is 246 g/mol. The highest BCUT2D eigenvalue weighted by molar-refractivity contribution is 5.99. The largest absolute Gasteiger partial charge is 0.497 e. The molecule has 1 aliphatic rings. The molecule has 96 valence electrons. The fourth-order valence-corrected chi connectivity index (χ4v) is 2.39. The maximum atomic E-state index is 12.1. The van der Waals surface area contributed by atoms with Gasteiger partial charge in [0.25, 0.3) is 0 Å². The Hall–Kier alpha value is -1.64. The van der Waals surface area contributed by atoms with Crippen LogP contribution in [0, 0.1) is 5.92 Å². The van der Waals surface area contributed by atoms with Crippen LogP contribution in [-0.2, 0) is 4.79 Å². The Labute approximate surface area is 107 Å². The number of hydrogen-bond acceptors (Lipinski definition) is 3. The minimum Gasteiger partial charge on any atom is -0.497 e. The highest BCUT2D eigenvalue weighted by Gasteiger charge is 2.24. The van der Waals surface area contributed by atoms with Gasteiger partial charge in [0, 0.05) is 24.3 Å². The first kappa shape index (κ1) is 12.8. The van der Waals surface area contributed by atoms with Crippen molar-refractivity contribution in [2.24, 2.45) is 5.92 Å². The van der Waals surface area contributed by atoms with Crippen molar-refractivity contribution in [2.45, 2.75) is 32.1 Å². The number of carbonyl (C=O) groups excluding carboxylic acids is 2. The molecule has 1 atom stereocenters. The second kappa shape index (κ2) is 5.80. The maximum absolute atomic E-state index is 12.1. The van der Waals surface area contributed by atoms with Crippen LogP contribution in [0.15, 0.2) is 24.3 Å². The number of ether oxygens (including phenoxy) is 1. The summed E-state index contributed by atoms with van der Waals surface area (Å²) in [7, 11) is 1.59. The topological polar surface area (TPSA) is 43.4 Å². The van der Waals surface area contributed by atoms with E-state index in [2.05, 4.69) is 0 Å². The smallest absolute Gasteiger partial charge is 0.163 e. The van der Waals surface area contributed by atoms with E-state index in [0.717, 1.165) is 25.0 Å². The Morgan fingerprint density at radius 1 is 1.28 bits per heavy atom. The first-order valence-corrected chi connectivity index (χ1v) is 6.40. The standard InChI is InChI=1S/C15H18O3/c1-18-13-8-6-11(7-9-13)15(17)10-12-4-2-3-5-14(12)16/h6-9,12H,2-5,10H2,1H3. The number of benzene rings is 1. The molecule has 3 nitrogen and oxygen atoms in total. The van der Waals surface area contributed by atoms with Crippen molar-refractivity contribution in [1.29, 1.82) is 0 Å². The average Bonchev–Trinajstić information content (AvgIpc) is 2.41. The Bertz CT molecular complexity index is 434. The highest BCUT2D eigenvalue weighted by atomic mass is 16.5. The van der Waals surface area contributed by atoms with E-state index in [9.17, 15) is 9.59 Å². The number of carbonyl (C=O) groups is 2. The molecule has 1 saturated carbocycles. The summed E-state index contributed by atoms with van der Waals surface area (Å²) in [5, 5.41) is 0. The molecule has 2 rings (SSSR count). The summed E-state index contributed by atoms with van der Waals surface area (Å²) < 4.78 is 5.05. The summed E-state index contributed by atoms with van der Waals surface area (Å²) in [4.78, 5) is 23.8. The van der Waals surface area contributed by atoms with Crippen LogP contribution in [0.5, 0.6) is 5.75 Å². The van der Waals surface area contributed by atoms with Gasteiger partial charge in [-0.3, -0.25) is 9.59 Å². The molecule has 3 heteroatoms. The molecule has 1 aromatic carbocycles. The molecule has 1 aromatic rings. The van der Waals surface area contributed by atoms with Crippen LogP contribution in [-0.4, -0.2) is 18.7 Å². The van der Waals surface area contributed by atoms with Crippen molar-refractivity contribution in [3.63, 3.8) is 0 Å². The van der Waals surface area contributed by atoms with E-state index in [-0.39, 0.29) is 17.5 Å². The quantitative estimate of drug-likeness (QED) is 0.767. The van der Waals surface area contributed by atoms with Crippen LogP contribution in [0.1, 0.15) is 42.5 Å². The fourth-order valence-electron chi connectivity index (χ4n) is 2.39. The molecule has 0 spiro atoms. The molecule has 0 heterocycles. The Balaban J connectivity index is 2.00. The minimum absolute atomic E-state index is 0.0536. The molecule has 0 aliphatic heterocycles. The molecule has 0 N–H and O–H groups in total. The van der Waals surface area contributed by atoms with Crippen LogP contribution in [0.2, 0.25) is 0 Å². The highest BCUT2D eigenvalue weighted by Crippen LogP contribution is 2.25. The van der Waals surface area contributed by atoms with Crippen LogP contribution < -0.4 is 4.74 Å². The lowest BCUT2D eigenvalue weighted by molar-refractivity contribution is -0.124. The van der Waals surface area contributed by atoms with Crippen molar-refractivity contribution in [3.05, 3.63) is 29.8 Å². The van der Waals surface area contributed by atoms with E-state index in [0.29, 0.717) is 18.4 Å². The van der Waals surface area contributed by atoms with Crippen molar-refractivity contribution in [3.8, 4) is 5.75 Å². The van der Waals surface area contributed by atoms with Crippen LogP contribution in [0.3, 0.4) is 0 Å². The van der Waals surface area contributed by atoms with Gasteiger partial charge in [0.2, 0.25) is 0 Å². The monoisotopic (exact) mass is 246 g/mol. The van der Waals surface area contributed by atoms with E-state index >= 15 is 0 Å². The van der Waals surface area contributed by atoms with Gasteiger partial charge < -0.3 is 4.74 Å². The third-order valence-electron chi connectivity index (χ3n) is 3.52. The summed E-state index contributed by atoms with van der Waals surface area (Å²) in [6, 6.07) is 7.06. The van der Waals surface area contributed by atoms with Crippen LogP contribution in [0.4, 0.5) is 0 Å². The van der Waals surface area contributed by atoms with Crippen molar-refractivity contribution >= 4 is 11.6 Å². The second-order valence-electron chi connectivity index (χ2n) is 4.76. The molecule has 0 radical (unpaired) electrons. The third-order valence-corrected chi connectivity index (χ3v) is 3.52. The molecule has 0 amide bonds. The predicted molar refractivity (Wildman–Crippen MR) is 68.9 cm³/mol. The van der Waals surface area contributed by atoms with Gasteiger partial charge in [-0.15, -0.1) is 0 Å². The number of Topliss-reactive ketones (excluding diaryl/α,β-unsaturated/α-hetero) is 2. The molecular formula is C15H18O3. The molecule has 18 heavy (non-hydrogen) atoms. The molecule has 0 saturated heterocycles. The van der Waals surface area contributed by atoms with Crippen molar-refractivity contribution in [1.82, 2.24) is 0 Å². The first-order valence-electron chi connectivity index (χ1n) is 6.40. The number of ketones is 2. The van der Waals surface area contributed by atoms with E-state index in [1.165, 1.54) is 0 Å². The first-order chi connectivity index (χ1) is 8.70. The van der Waals surface area contributed by atoms with Gasteiger partial charge in [-0.25, -0.2) is 0 Å². The van der Waals surface area contributed by atoms with Gasteiger partial charge in [-0.05, 0) is 37.1 Å². The summed E-state index contributed by atoms with van der Waals surface area (Å²) in [6.07, 6.45) is 3.89. The van der Waals surface area contributed by atoms with Gasteiger partial charge in [0.05, 0.1) is 7.11 Å². The molecule has 0 bridgehead atoms. The summed E-state index contributed by atoms with van der Waals surface area (Å²) in [6.45, 7) is 0. The molecule has 1 aliphatic carbocycles. The van der Waals surface area contributed by atoms with Gasteiger partial charge in [0.15, 0.2) is 5.78 Å². The zero-order valence-corrected chi connectivity index (χ0v) is 10.6. The number of methoxy groups -OCH3 is 1. The number of rotatable bonds is 4.